The first-order valence-corrected chi connectivity index (χ1v) is 14.4. The first kappa shape index (κ1) is 31.9. The van der Waals surface area contributed by atoms with Crippen molar-refractivity contribution in [2.45, 2.75) is 45.1 Å². The van der Waals surface area contributed by atoms with Crippen LogP contribution in [-0.2, 0) is 19.1 Å². The van der Waals surface area contributed by atoms with Gasteiger partial charge in [-0.3, -0.25) is 14.4 Å². The Morgan fingerprint density at radius 2 is 1.76 bits per heavy atom. The van der Waals surface area contributed by atoms with E-state index >= 15 is 0 Å². The van der Waals surface area contributed by atoms with Crippen LogP contribution in [0.1, 0.15) is 63.1 Å². The van der Waals surface area contributed by atoms with Crippen molar-refractivity contribution in [2.24, 2.45) is 0 Å². The molecule has 2 atom stereocenters. The number of hydrogen-bond acceptors (Lipinski definition) is 7. The van der Waals surface area contributed by atoms with Crippen molar-refractivity contribution >= 4 is 41.0 Å². The Labute approximate surface area is 265 Å². The smallest absolute Gasteiger partial charge is 0.354 e. The molecule has 3 heterocycles. The molecule has 234 valence electrons. The third kappa shape index (κ3) is 6.50. The van der Waals surface area contributed by atoms with E-state index in [4.69, 9.17) is 28.2 Å². The number of alkyl halides is 3. The number of amides is 2. The number of aromatic nitrogens is 4. The van der Waals surface area contributed by atoms with Crippen LogP contribution in [0.5, 0.6) is 0 Å². The summed E-state index contributed by atoms with van der Waals surface area (Å²) in [5.41, 5.74) is 0.247. The Bertz CT molecular complexity index is 1830. The highest BCUT2D eigenvalue weighted by molar-refractivity contribution is 6.42. The fraction of sp³-hybridized carbons (Fsp3) is 0.267. The van der Waals surface area contributed by atoms with E-state index in [-0.39, 0.29) is 41.4 Å². The SMILES string of the molecule is CNC(=O)c1cnc(-n2c(N[C@@H](C)c3ccc(C(F)(F)F)cc3)nc3c(c2=O)C[C@@H](C)N(C(=O)c2ccc(Cl)c(Cl)c2)C3)cn1. The summed E-state index contributed by atoms with van der Waals surface area (Å²) in [7, 11) is 1.44. The molecule has 0 bridgehead atoms. The largest absolute Gasteiger partial charge is 0.416 e. The van der Waals surface area contributed by atoms with Crippen molar-refractivity contribution in [3.63, 3.8) is 0 Å². The van der Waals surface area contributed by atoms with Gasteiger partial charge in [-0.05, 0) is 56.2 Å². The minimum absolute atomic E-state index is 0.00368. The van der Waals surface area contributed by atoms with Gasteiger partial charge in [-0.15, -0.1) is 0 Å². The molecule has 10 nitrogen and oxygen atoms in total. The van der Waals surface area contributed by atoms with Gasteiger partial charge in [0.2, 0.25) is 5.95 Å². The fourth-order valence-corrected chi connectivity index (χ4v) is 5.25. The maximum Gasteiger partial charge on any atom is 0.416 e. The number of hydrogen-bond donors (Lipinski definition) is 2. The van der Waals surface area contributed by atoms with E-state index in [0.717, 1.165) is 12.1 Å². The summed E-state index contributed by atoms with van der Waals surface area (Å²) in [5, 5.41) is 6.08. The van der Waals surface area contributed by atoms with E-state index in [9.17, 15) is 27.6 Å². The van der Waals surface area contributed by atoms with Crippen LogP contribution in [0, 0.1) is 0 Å². The molecule has 0 saturated heterocycles. The number of carbonyl (C=O) groups is 2. The van der Waals surface area contributed by atoms with Crippen molar-refractivity contribution < 1.29 is 22.8 Å². The van der Waals surface area contributed by atoms with Gasteiger partial charge in [-0.1, -0.05) is 35.3 Å². The number of carbonyl (C=O) groups excluding carboxylic acids is 2. The summed E-state index contributed by atoms with van der Waals surface area (Å²) in [6.45, 7) is 3.50. The van der Waals surface area contributed by atoms with Gasteiger partial charge in [0.25, 0.3) is 17.4 Å². The Kier molecular flexibility index (Phi) is 8.86. The zero-order valence-electron chi connectivity index (χ0n) is 24.1. The second-order valence-electron chi connectivity index (χ2n) is 10.4. The molecule has 1 aliphatic rings. The van der Waals surface area contributed by atoms with Gasteiger partial charge < -0.3 is 15.5 Å². The van der Waals surface area contributed by atoms with Crippen molar-refractivity contribution in [2.75, 3.05) is 12.4 Å². The molecule has 0 unspecified atom stereocenters. The highest BCUT2D eigenvalue weighted by Crippen LogP contribution is 2.31. The van der Waals surface area contributed by atoms with Crippen molar-refractivity contribution in [1.82, 2.24) is 29.7 Å². The monoisotopic (exact) mass is 659 g/mol. The molecule has 2 amide bonds. The van der Waals surface area contributed by atoms with Gasteiger partial charge in [0, 0.05) is 24.2 Å². The lowest BCUT2D eigenvalue weighted by Gasteiger charge is -2.34. The van der Waals surface area contributed by atoms with Crippen LogP contribution in [0.2, 0.25) is 10.0 Å². The number of halogens is 5. The third-order valence-electron chi connectivity index (χ3n) is 7.45. The molecule has 0 spiro atoms. The Morgan fingerprint density at radius 3 is 2.36 bits per heavy atom. The minimum atomic E-state index is -4.49. The average Bonchev–Trinajstić information content (AvgIpc) is 3.01. The molecule has 2 N–H and O–H groups in total. The fourth-order valence-electron chi connectivity index (χ4n) is 4.95. The topological polar surface area (TPSA) is 122 Å². The van der Waals surface area contributed by atoms with E-state index in [0.29, 0.717) is 27.4 Å². The zero-order valence-corrected chi connectivity index (χ0v) is 25.6. The quantitative estimate of drug-likeness (QED) is 0.282. The van der Waals surface area contributed by atoms with Crippen LogP contribution in [0.4, 0.5) is 19.1 Å². The maximum atomic E-state index is 14.0. The predicted octanol–water partition coefficient (Wildman–Crippen LogP) is 5.47. The van der Waals surface area contributed by atoms with Crippen LogP contribution < -0.4 is 16.2 Å². The summed E-state index contributed by atoms with van der Waals surface area (Å²) in [4.78, 5) is 54.2. The number of rotatable bonds is 6. The molecular weight excluding hydrogens is 634 g/mol. The van der Waals surface area contributed by atoms with Crippen molar-refractivity contribution in [3.05, 3.63) is 109 Å². The molecule has 2 aromatic heterocycles. The van der Waals surface area contributed by atoms with Crippen LogP contribution >= 0.6 is 23.2 Å². The van der Waals surface area contributed by atoms with Gasteiger partial charge in [-0.2, -0.15) is 13.2 Å². The normalized spacial score (nSPS) is 15.3. The highest BCUT2D eigenvalue weighted by atomic mass is 35.5. The summed E-state index contributed by atoms with van der Waals surface area (Å²) < 4.78 is 40.6. The summed E-state index contributed by atoms with van der Waals surface area (Å²) in [6, 6.07) is 8.15. The van der Waals surface area contributed by atoms with E-state index in [1.165, 1.54) is 48.3 Å². The molecular formula is C30H26Cl2F3N7O3. The standard InChI is InChI=1S/C30H26Cl2F3N7O3/c1-15-10-20-24(14-41(15)27(44)18-6-9-21(31)22(32)11-18)40-29(39-16(2)17-4-7-19(8-5-17)30(33,34)35)42(28(20)45)25-13-37-23(12-38-25)26(43)36-3/h4-9,11-13,15-16H,10,14H2,1-3H3,(H,36,43)(H,39,40)/t15-,16+/m1/s1. The lowest BCUT2D eigenvalue weighted by molar-refractivity contribution is -0.137. The lowest BCUT2D eigenvalue weighted by Crippen LogP contribution is -2.46. The molecule has 1 aliphatic heterocycles. The molecule has 15 heteroatoms. The number of fused-ring (bicyclic) bond motifs is 1. The Hall–Kier alpha value is -4.49. The molecule has 0 aliphatic carbocycles. The first-order chi connectivity index (χ1) is 21.3. The zero-order chi connectivity index (χ0) is 32.6. The van der Waals surface area contributed by atoms with Gasteiger partial charge >= 0.3 is 6.18 Å². The molecule has 0 radical (unpaired) electrons. The number of nitrogens with zero attached hydrogens (tertiary/aromatic N) is 5. The second-order valence-corrected chi connectivity index (χ2v) is 11.3. The first-order valence-electron chi connectivity index (χ1n) is 13.7. The molecule has 4 aromatic rings. The molecule has 2 aromatic carbocycles. The van der Waals surface area contributed by atoms with Crippen LogP contribution in [0.3, 0.4) is 0 Å². The summed E-state index contributed by atoms with van der Waals surface area (Å²) in [5.74, 6) is -0.725. The van der Waals surface area contributed by atoms with Crippen LogP contribution in [0.25, 0.3) is 5.82 Å². The number of anilines is 1. The van der Waals surface area contributed by atoms with Crippen LogP contribution in [-0.4, -0.2) is 49.3 Å². The second kappa shape index (κ2) is 12.5. The minimum Gasteiger partial charge on any atom is -0.354 e. The summed E-state index contributed by atoms with van der Waals surface area (Å²) in [6.07, 6.45) is -1.86. The molecule has 45 heavy (non-hydrogen) atoms. The molecule has 0 fully saturated rings. The van der Waals surface area contributed by atoms with E-state index in [1.807, 2.05) is 0 Å². The molecule has 5 rings (SSSR count). The Morgan fingerprint density at radius 1 is 1.04 bits per heavy atom. The third-order valence-corrected chi connectivity index (χ3v) is 8.19. The number of nitrogens with one attached hydrogen (secondary N) is 2. The van der Waals surface area contributed by atoms with E-state index in [1.54, 1.807) is 24.8 Å². The van der Waals surface area contributed by atoms with Gasteiger partial charge in [0.1, 0.15) is 5.69 Å². The Balaban J connectivity index is 1.56. The van der Waals surface area contributed by atoms with Gasteiger partial charge in [0.15, 0.2) is 5.82 Å². The van der Waals surface area contributed by atoms with Gasteiger partial charge in [0.05, 0.1) is 46.3 Å². The average molecular weight is 660 g/mol. The highest BCUT2D eigenvalue weighted by Gasteiger charge is 2.33. The summed E-state index contributed by atoms with van der Waals surface area (Å²) >= 11 is 12.2. The number of benzene rings is 2. The van der Waals surface area contributed by atoms with E-state index in [2.05, 4.69) is 20.6 Å². The van der Waals surface area contributed by atoms with E-state index < -0.39 is 35.3 Å². The van der Waals surface area contributed by atoms with Gasteiger partial charge in [-0.25, -0.2) is 19.5 Å². The molecule has 0 saturated carbocycles. The van der Waals surface area contributed by atoms with Crippen LogP contribution in [0.15, 0.2) is 59.7 Å². The predicted molar refractivity (Wildman–Crippen MR) is 162 cm³/mol. The maximum absolute atomic E-state index is 14.0. The lowest BCUT2D eigenvalue weighted by atomic mass is 9.98. The van der Waals surface area contributed by atoms with Crippen molar-refractivity contribution in [1.29, 1.82) is 0 Å². The van der Waals surface area contributed by atoms with Crippen molar-refractivity contribution in [3.8, 4) is 5.82 Å².